The summed E-state index contributed by atoms with van der Waals surface area (Å²) in [6, 6.07) is 6.00. The molecule has 0 N–H and O–H groups in total. The van der Waals surface area contributed by atoms with Crippen molar-refractivity contribution in [3.05, 3.63) is 29.3 Å². The summed E-state index contributed by atoms with van der Waals surface area (Å²) in [5.41, 5.74) is 1.64. The molecule has 20 heavy (non-hydrogen) atoms. The van der Waals surface area contributed by atoms with Crippen LogP contribution in [0.2, 0.25) is 0 Å². The van der Waals surface area contributed by atoms with E-state index in [1.54, 1.807) is 4.90 Å². The van der Waals surface area contributed by atoms with Gasteiger partial charge in [-0.15, -0.1) is 0 Å². The molecule has 1 amide bonds. The molecule has 110 valence electrons. The van der Waals surface area contributed by atoms with E-state index in [2.05, 4.69) is 15.9 Å². The van der Waals surface area contributed by atoms with Crippen molar-refractivity contribution in [2.75, 3.05) is 13.2 Å². The highest BCUT2D eigenvalue weighted by molar-refractivity contribution is 9.08. The molecule has 0 bridgehead atoms. The predicted octanol–water partition coefficient (Wildman–Crippen LogP) is 3.71. The number of hydrogen-bond donors (Lipinski definition) is 0. The lowest BCUT2D eigenvalue weighted by molar-refractivity contribution is 0.0225. The van der Waals surface area contributed by atoms with E-state index in [-0.39, 0.29) is 6.09 Å². The Morgan fingerprint density at radius 1 is 1.45 bits per heavy atom. The standard InChI is InChI=1S/C15H20BrNO3/c1-15(2,3)20-14(18)17-7-8-19-13-11(9-16)5-4-6-12(13)10-17/h4-6H,7-10H2,1-3H3. The van der Waals surface area contributed by atoms with Crippen molar-refractivity contribution >= 4 is 22.0 Å². The van der Waals surface area contributed by atoms with E-state index in [0.717, 1.165) is 22.2 Å². The van der Waals surface area contributed by atoms with Gasteiger partial charge in [-0.05, 0) is 20.8 Å². The first-order chi connectivity index (χ1) is 9.40. The smallest absolute Gasteiger partial charge is 0.410 e. The van der Waals surface area contributed by atoms with Gasteiger partial charge in [-0.1, -0.05) is 34.1 Å². The SMILES string of the molecule is CC(C)(C)OC(=O)N1CCOc2c(CBr)cccc2C1. The van der Waals surface area contributed by atoms with Crippen molar-refractivity contribution in [1.29, 1.82) is 0 Å². The van der Waals surface area contributed by atoms with Crippen LogP contribution in [-0.4, -0.2) is 29.7 Å². The largest absolute Gasteiger partial charge is 0.491 e. The minimum absolute atomic E-state index is 0.293. The zero-order valence-corrected chi connectivity index (χ0v) is 13.7. The van der Waals surface area contributed by atoms with Crippen LogP contribution in [0.5, 0.6) is 5.75 Å². The Labute approximate surface area is 128 Å². The van der Waals surface area contributed by atoms with Crippen molar-refractivity contribution in [1.82, 2.24) is 4.90 Å². The molecule has 1 aliphatic rings. The van der Waals surface area contributed by atoms with Gasteiger partial charge < -0.3 is 14.4 Å². The number of nitrogens with zero attached hydrogens (tertiary/aromatic N) is 1. The number of para-hydroxylation sites is 1. The Morgan fingerprint density at radius 2 is 2.20 bits per heavy atom. The molecule has 2 rings (SSSR count). The van der Waals surface area contributed by atoms with E-state index in [1.807, 2.05) is 39.0 Å². The van der Waals surface area contributed by atoms with Crippen LogP contribution in [0, 0.1) is 0 Å². The summed E-state index contributed by atoms with van der Waals surface area (Å²) in [5, 5.41) is 0.739. The first kappa shape index (κ1) is 15.2. The molecule has 0 fully saturated rings. The minimum Gasteiger partial charge on any atom is -0.491 e. The van der Waals surface area contributed by atoms with Crippen LogP contribution >= 0.6 is 15.9 Å². The Hall–Kier alpha value is -1.23. The Bertz CT molecular complexity index is 496. The summed E-state index contributed by atoms with van der Waals surface area (Å²) in [7, 11) is 0. The summed E-state index contributed by atoms with van der Waals surface area (Å²) in [4.78, 5) is 13.9. The predicted molar refractivity (Wildman–Crippen MR) is 81.2 cm³/mol. The van der Waals surface area contributed by atoms with Crippen LogP contribution < -0.4 is 4.74 Å². The fraction of sp³-hybridized carbons (Fsp3) is 0.533. The maximum Gasteiger partial charge on any atom is 0.410 e. The van der Waals surface area contributed by atoms with E-state index in [4.69, 9.17) is 9.47 Å². The first-order valence-electron chi connectivity index (χ1n) is 6.68. The highest BCUT2D eigenvalue weighted by Crippen LogP contribution is 2.29. The van der Waals surface area contributed by atoms with Crippen LogP contribution in [0.3, 0.4) is 0 Å². The first-order valence-corrected chi connectivity index (χ1v) is 7.80. The van der Waals surface area contributed by atoms with Gasteiger partial charge in [0.2, 0.25) is 0 Å². The third kappa shape index (κ3) is 3.66. The molecule has 0 atom stereocenters. The molecule has 0 saturated carbocycles. The van der Waals surface area contributed by atoms with E-state index in [9.17, 15) is 4.79 Å². The lowest BCUT2D eigenvalue weighted by atomic mass is 10.1. The zero-order valence-electron chi connectivity index (χ0n) is 12.1. The van der Waals surface area contributed by atoms with Gasteiger partial charge in [-0.2, -0.15) is 0 Å². The van der Waals surface area contributed by atoms with E-state index >= 15 is 0 Å². The number of benzene rings is 1. The summed E-state index contributed by atoms with van der Waals surface area (Å²) >= 11 is 3.46. The Balaban J connectivity index is 2.18. The highest BCUT2D eigenvalue weighted by Gasteiger charge is 2.25. The third-order valence-corrected chi connectivity index (χ3v) is 3.55. The van der Waals surface area contributed by atoms with Crippen LogP contribution in [-0.2, 0) is 16.6 Å². The molecule has 1 aliphatic heterocycles. The second-order valence-electron chi connectivity index (χ2n) is 5.79. The van der Waals surface area contributed by atoms with E-state index < -0.39 is 5.60 Å². The van der Waals surface area contributed by atoms with E-state index in [1.165, 1.54) is 0 Å². The topological polar surface area (TPSA) is 38.8 Å². The second-order valence-corrected chi connectivity index (χ2v) is 6.35. The van der Waals surface area contributed by atoms with Crippen LogP contribution in [0.4, 0.5) is 4.79 Å². The van der Waals surface area contributed by atoms with E-state index in [0.29, 0.717) is 19.7 Å². The summed E-state index contributed by atoms with van der Waals surface area (Å²) < 4.78 is 11.2. The number of rotatable bonds is 1. The lowest BCUT2D eigenvalue weighted by Crippen LogP contribution is -2.37. The van der Waals surface area contributed by atoms with Gasteiger partial charge in [0.25, 0.3) is 0 Å². The zero-order chi connectivity index (χ0) is 14.8. The number of carbonyl (C=O) groups is 1. The van der Waals surface area contributed by atoms with Crippen molar-refractivity contribution < 1.29 is 14.3 Å². The van der Waals surface area contributed by atoms with Gasteiger partial charge in [-0.25, -0.2) is 4.79 Å². The number of halogens is 1. The van der Waals surface area contributed by atoms with Crippen molar-refractivity contribution in [2.24, 2.45) is 0 Å². The Morgan fingerprint density at radius 3 is 2.85 bits per heavy atom. The number of amides is 1. The molecule has 0 saturated heterocycles. The molecule has 1 aromatic rings. The maximum absolute atomic E-state index is 12.2. The molecule has 0 aliphatic carbocycles. The summed E-state index contributed by atoms with van der Waals surface area (Å²) in [6.45, 7) is 7.15. The number of hydrogen-bond acceptors (Lipinski definition) is 3. The molecule has 0 radical (unpaired) electrons. The summed E-state index contributed by atoms with van der Waals surface area (Å²) in [6.07, 6.45) is -0.293. The molecule has 1 aromatic carbocycles. The fourth-order valence-corrected chi connectivity index (χ4v) is 2.52. The monoisotopic (exact) mass is 341 g/mol. The van der Waals surface area contributed by atoms with Crippen LogP contribution in [0.1, 0.15) is 31.9 Å². The Kier molecular flexibility index (Phi) is 4.58. The average Bonchev–Trinajstić information content (AvgIpc) is 2.58. The van der Waals surface area contributed by atoms with Crippen LogP contribution in [0.15, 0.2) is 18.2 Å². The van der Waals surface area contributed by atoms with Crippen molar-refractivity contribution in [3.63, 3.8) is 0 Å². The molecular formula is C15H20BrNO3. The quantitative estimate of drug-likeness (QED) is 0.731. The molecule has 0 spiro atoms. The molecule has 5 heteroatoms. The molecule has 4 nitrogen and oxygen atoms in total. The van der Waals surface area contributed by atoms with Crippen LogP contribution in [0.25, 0.3) is 0 Å². The van der Waals surface area contributed by atoms with Gasteiger partial charge in [-0.3, -0.25) is 0 Å². The lowest BCUT2D eigenvalue weighted by Gasteiger charge is -2.26. The number of carbonyl (C=O) groups excluding carboxylic acids is 1. The average molecular weight is 342 g/mol. The normalized spacial score (nSPS) is 15.1. The van der Waals surface area contributed by atoms with Gasteiger partial charge in [0.15, 0.2) is 0 Å². The number of alkyl halides is 1. The molecule has 0 aromatic heterocycles. The van der Waals surface area contributed by atoms with Crippen molar-refractivity contribution in [2.45, 2.75) is 38.2 Å². The minimum atomic E-state index is -0.481. The van der Waals surface area contributed by atoms with Gasteiger partial charge in [0.05, 0.1) is 13.1 Å². The molecular weight excluding hydrogens is 322 g/mol. The maximum atomic E-state index is 12.2. The fourth-order valence-electron chi connectivity index (χ4n) is 2.08. The highest BCUT2D eigenvalue weighted by atomic mass is 79.9. The molecule has 0 unspecified atom stereocenters. The molecule has 1 heterocycles. The van der Waals surface area contributed by atoms with Gasteiger partial charge >= 0.3 is 6.09 Å². The van der Waals surface area contributed by atoms with Gasteiger partial charge in [0.1, 0.15) is 18.0 Å². The van der Waals surface area contributed by atoms with Gasteiger partial charge in [0, 0.05) is 16.5 Å². The second kappa shape index (κ2) is 6.04. The summed E-state index contributed by atoms with van der Waals surface area (Å²) in [5.74, 6) is 0.885. The number of fused-ring (bicyclic) bond motifs is 1. The third-order valence-electron chi connectivity index (χ3n) is 2.94. The van der Waals surface area contributed by atoms with Crippen molar-refractivity contribution in [3.8, 4) is 5.75 Å². The number of ether oxygens (including phenoxy) is 2.